The van der Waals surface area contributed by atoms with Crippen LogP contribution in [-0.2, 0) is 37.5 Å². The van der Waals surface area contributed by atoms with Crippen LogP contribution in [0, 0.1) is 0 Å². The molecule has 0 radical (unpaired) electrons. The van der Waals surface area contributed by atoms with E-state index in [0.717, 1.165) is 48.8 Å². The van der Waals surface area contributed by atoms with Crippen LogP contribution in [0.2, 0.25) is 0 Å². The lowest BCUT2D eigenvalue weighted by atomic mass is 9.93. The van der Waals surface area contributed by atoms with Gasteiger partial charge in [0.25, 0.3) is 0 Å². The van der Waals surface area contributed by atoms with Crippen molar-refractivity contribution in [3.05, 3.63) is 36.2 Å². The highest BCUT2D eigenvalue weighted by Crippen LogP contribution is 2.34. The van der Waals surface area contributed by atoms with Gasteiger partial charge in [0.1, 0.15) is 0 Å². The van der Waals surface area contributed by atoms with Crippen LogP contribution in [-0.4, -0.2) is 105 Å². The van der Waals surface area contributed by atoms with E-state index < -0.39 is 0 Å². The number of ether oxygens (including phenoxy) is 3. The monoisotopic (exact) mass is 705 g/mol. The van der Waals surface area contributed by atoms with E-state index in [1.807, 2.05) is 22.6 Å². The van der Waals surface area contributed by atoms with Gasteiger partial charge in [0.2, 0.25) is 5.91 Å². The average molecular weight is 706 g/mol. The largest absolute Gasteiger partial charge is 0.377 e. The van der Waals surface area contributed by atoms with Crippen LogP contribution in [0.5, 0.6) is 0 Å². The lowest BCUT2D eigenvalue weighted by Crippen LogP contribution is -2.36. The Labute approximate surface area is 298 Å². The standard InChI is InChI=1S/C25H44N6O4S.C10H19N3/c1-19(2)21-17-31(30-29-21)10-12-34-14-16-35-15-13-33-11-9-26-24(32)8-6-4-5-7-23-25-22(18-36-23)27-20(3)28-25;1-5-6-7-13-8-9(11-12-13)10(2,3)4/h17,19,22-23,25,27-28H,3-16,18H2,1-2H3,(H,26,32);8H,5-7H2,1-4H3/t22-,23?,25-;/m0./s1. The molecule has 0 aromatic carbocycles. The number of carbonyl (C=O) groups excluding carboxylic acids is 1. The highest BCUT2D eigenvalue weighted by atomic mass is 32.2. The molecule has 1 unspecified atom stereocenters. The summed E-state index contributed by atoms with van der Waals surface area (Å²) in [5.74, 6) is 2.60. The number of rotatable bonds is 22. The molecule has 0 saturated carbocycles. The Bertz CT molecular complexity index is 1220. The number of nitrogens with one attached hydrogen (secondary N) is 3. The first-order chi connectivity index (χ1) is 23.6. The van der Waals surface area contributed by atoms with Crippen molar-refractivity contribution in [3.8, 4) is 0 Å². The summed E-state index contributed by atoms with van der Waals surface area (Å²) in [6.45, 7) is 22.2. The molecule has 2 aliphatic rings. The number of unbranched alkanes of at least 4 members (excludes halogenated alkanes) is 3. The summed E-state index contributed by atoms with van der Waals surface area (Å²) in [6, 6.07) is 1.04. The molecule has 2 aliphatic heterocycles. The van der Waals surface area contributed by atoms with Crippen LogP contribution in [0.15, 0.2) is 24.8 Å². The zero-order valence-corrected chi connectivity index (χ0v) is 31.7. The molecular formula is C35H63N9O4S. The van der Waals surface area contributed by atoms with Crippen molar-refractivity contribution in [2.45, 2.75) is 128 Å². The molecule has 2 fully saturated rings. The first-order valence-corrected chi connectivity index (χ1v) is 19.3. The summed E-state index contributed by atoms with van der Waals surface area (Å²) < 4.78 is 20.3. The molecule has 13 nitrogen and oxygen atoms in total. The number of fused-ring (bicyclic) bond motifs is 1. The Morgan fingerprint density at radius 2 is 1.65 bits per heavy atom. The molecule has 0 aliphatic carbocycles. The summed E-state index contributed by atoms with van der Waals surface area (Å²) in [6.07, 6.45) is 11.3. The van der Waals surface area contributed by atoms with Gasteiger partial charge >= 0.3 is 0 Å². The first-order valence-electron chi connectivity index (χ1n) is 18.2. The maximum Gasteiger partial charge on any atom is 0.220 e. The highest BCUT2D eigenvalue weighted by Gasteiger charge is 2.40. The summed E-state index contributed by atoms with van der Waals surface area (Å²) in [4.78, 5) is 12.0. The third-order valence-corrected chi connectivity index (χ3v) is 9.90. The maximum atomic E-state index is 12.0. The number of amides is 1. The predicted molar refractivity (Wildman–Crippen MR) is 196 cm³/mol. The number of aryl methyl sites for hydroxylation is 1. The van der Waals surface area contributed by atoms with E-state index in [4.69, 9.17) is 14.2 Å². The van der Waals surface area contributed by atoms with E-state index in [1.165, 1.54) is 19.3 Å². The lowest BCUT2D eigenvalue weighted by Gasteiger charge is -2.17. The Balaban J connectivity index is 0.000000419. The van der Waals surface area contributed by atoms with Gasteiger partial charge in [-0.2, -0.15) is 11.8 Å². The van der Waals surface area contributed by atoms with Crippen molar-refractivity contribution < 1.29 is 19.0 Å². The van der Waals surface area contributed by atoms with Crippen LogP contribution in [0.3, 0.4) is 0 Å². The summed E-state index contributed by atoms with van der Waals surface area (Å²) in [7, 11) is 0. The second kappa shape index (κ2) is 22.2. The first kappa shape index (κ1) is 40.7. The third-order valence-electron chi connectivity index (χ3n) is 8.39. The molecule has 0 spiro atoms. The molecule has 0 bridgehead atoms. The second-order valence-corrected chi connectivity index (χ2v) is 15.4. The van der Waals surface area contributed by atoms with Gasteiger partial charge in [0.05, 0.1) is 75.5 Å². The van der Waals surface area contributed by atoms with Crippen molar-refractivity contribution in [1.82, 2.24) is 45.9 Å². The van der Waals surface area contributed by atoms with Crippen LogP contribution < -0.4 is 16.0 Å². The second-order valence-electron chi connectivity index (χ2n) is 14.1. The molecule has 4 rings (SSSR count). The molecule has 1 amide bonds. The fraction of sp³-hybridized carbons (Fsp3) is 0.800. The fourth-order valence-electron chi connectivity index (χ4n) is 5.37. The van der Waals surface area contributed by atoms with Gasteiger partial charge in [0, 0.05) is 48.3 Å². The Kier molecular flexibility index (Phi) is 18.5. The summed E-state index contributed by atoms with van der Waals surface area (Å²) in [5, 5.41) is 26.9. The van der Waals surface area contributed by atoms with Crippen molar-refractivity contribution in [3.63, 3.8) is 0 Å². The molecule has 278 valence electrons. The molecule has 2 saturated heterocycles. The van der Waals surface area contributed by atoms with E-state index in [2.05, 4.69) is 90.9 Å². The van der Waals surface area contributed by atoms with Gasteiger partial charge < -0.3 is 30.2 Å². The molecule has 2 aromatic heterocycles. The van der Waals surface area contributed by atoms with Gasteiger partial charge in [-0.3, -0.25) is 9.48 Å². The van der Waals surface area contributed by atoms with Crippen LogP contribution in [0.25, 0.3) is 0 Å². The minimum Gasteiger partial charge on any atom is -0.377 e. The van der Waals surface area contributed by atoms with E-state index in [1.54, 1.807) is 4.68 Å². The van der Waals surface area contributed by atoms with E-state index >= 15 is 0 Å². The number of nitrogens with zero attached hydrogens (tertiary/aromatic N) is 6. The van der Waals surface area contributed by atoms with Gasteiger partial charge in [-0.15, -0.1) is 10.2 Å². The van der Waals surface area contributed by atoms with E-state index in [9.17, 15) is 4.79 Å². The quantitative estimate of drug-likeness (QED) is 0.150. The van der Waals surface area contributed by atoms with E-state index in [-0.39, 0.29) is 11.3 Å². The van der Waals surface area contributed by atoms with Gasteiger partial charge in [-0.1, -0.05) is 77.8 Å². The van der Waals surface area contributed by atoms with Gasteiger partial charge in [0.15, 0.2) is 0 Å². The maximum absolute atomic E-state index is 12.0. The normalized spacial score (nSPS) is 18.6. The van der Waals surface area contributed by atoms with Gasteiger partial charge in [-0.25, -0.2) is 4.68 Å². The van der Waals surface area contributed by atoms with Gasteiger partial charge in [-0.05, 0) is 25.2 Å². The minimum atomic E-state index is 0.103. The molecule has 49 heavy (non-hydrogen) atoms. The third kappa shape index (κ3) is 15.8. The average Bonchev–Trinajstić information content (AvgIpc) is 3.86. The van der Waals surface area contributed by atoms with Crippen molar-refractivity contribution >= 4 is 17.7 Å². The molecule has 3 N–H and O–H groups in total. The number of carbonyl (C=O) groups is 1. The molecule has 4 heterocycles. The Morgan fingerprint density at radius 1 is 0.959 bits per heavy atom. The van der Waals surface area contributed by atoms with Crippen molar-refractivity contribution in [2.24, 2.45) is 0 Å². The molecule has 2 aromatic rings. The molecule has 14 heteroatoms. The lowest BCUT2D eigenvalue weighted by molar-refractivity contribution is -0.121. The number of hydrogen-bond donors (Lipinski definition) is 3. The van der Waals surface area contributed by atoms with Crippen LogP contribution in [0.1, 0.15) is 104 Å². The molecular weight excluding hydrogens is 643 g/mol. The number of hydrogen-bond acceptors (Lipinski definition) is 11. The smallest absolute Gasteiger partial charge is 0.220 e. The van der Waals surface area contributed by atoms with E-state index in [0.29, 0.717) is 82.4 Å². The van der Waals surface area contributed by atoms with Crippen molar-refractivity contribution in [2.75, 3.05) is 51.9 Å². The topological polar surface area (TPSA) is 142 Å². The van der Waals surface area contributed by atoms with Crippen molar-refractivity contribution in [1.29, 1.82) is 0 Å². The number of thioether (sulfide) groups is 1. The van der Waals surface area contributed by atoms with Crippen LogP contribution >= 0.6 is 11.8 Å². The zero-order valence-electron chi connectivity index (χ0n) is 30.9. The summed E-state index contributed by atoms with van der Waals surface area (Å²) in [5.41, 5.74) is 2.18. The highest BCUT2D eigenvalue weighted by molar-refractivity contribution is 8.00. The Hall–Kier alpha value is -2.68. The summed E-state index contributed by atoms with van der Waals surface area (Å²) >= 11 is 2.05. The fourth-order valence-corrected chi connectivity index (χ4v) is 6.91. The SMILES string of the molecule is C=C1N[C@H]2CSC(CCCCCC(=O)NCCOCCOCCOCCn3cc(C(C)C)nn3)[C@H]2N1.CCCCn1cc(C(C)(C)C)nn1. The van der Waals surface area contributed by atoms with Crippen LogP contribution in [0.4, 0.5) is 0 Å². The zero-order chi connectivity index (χ0) is 35.5. The molecule has 3 atom stereocenters. The number of aromatic nitrogens is 6. The predicted octanol–water partition coefficient (Wildman–Crippen LogP) is 4.41. The Morgan fingerprint density at radius 3 is 2.33 bits per heavy atom. The minimum absolute atomic E-state index is 0.103.